The van der Waals surface area contributed by atoms with E-state index in [1.54, 1.807) is 0 Å². The molecule has 0 rings (SSSR count). The SMILES string of the molecule is C=CC([B]CC(C)(C)C(=O)OC(C)(C)C)CC. The fourth-order valence-electron chi connectivity index (χ4n) is 1.38. The van der Waals surface area contributed by atoms with Crippen LogP contribution in [0.4, 0.5) is 0 Å². The van der Waals surface area contributed by atoms with Crippen LogP contribution < -0.4 is 0 Å². The normalized spacial score (nSPS) is 14.0. The highest BCUT2D eigenvalue weighted by molar-refractivity contribution is 6.39. The Morgan fingerprint density at radius 2 is 1.88 bits per heavy atom. The summed E-state index contributed by atoms with van der Waals surface area (Å²) in [4.78, 5) is 12.0. The Morgan fingerprint density at radius 3 is 2.24 bits per heavy atom. The van der Waals surface area contributed by atoms with Crippen molar-refractivity contribution in [1.82, 2.24) is 0 Å². The molecule has 1 atom stereocenters. The van der Waals surface area contributed by atoms with Crippen molar-refractivity contribution in [3.05, 3.63) is 12.7 Å². The van der Waals surface area contributed by atoms with Crippen LogP contribution in [0, 0.1) is 5.41 Å². The molecule has 2 nitrogen and oxygen atoms in total. The van der Waals surface area contributed by atoms with Crippen molar-refractivity contribution >= 4 is 13.2 Å². The van der Waals surface area contributed by atoms with Crippen LogP contribution >= 0.6 is 0 Å². The Labute approximate surface area is 107 Å². The van der Waals surface area contributed by atoms with Gasteiger partial charge < -0.3 is 4.74 Å². The highest BCUT2D eigenvalue weighted by Gasteiger charge is 2.32. The van der Waals surface area contributed by atoms with Gasteiger partial charge in [0.15, 0.2) is 0 Å². The van der Waals surface area contributed by atoms with Crippen LogP contribution in [-0.2, 0) is 9.53 Å². The lowest BCUT2D eigenvalue weighted by molar-refractivity contribution is -0.164. The first kappa shape index (κ1) is 16.3. The average molecular weight is 237 g/mol. The highest BCUT2D eigenvalue weighted by atomic mass is 16.6. The lowest BCUT2D eigenvalue weighted by Gasteiger charge is -2.29. The molecule has 1 radical (unpaired) electrons. The molecular formula is C14H26BO2. The zero-order valence-corrected chi connectivity index (χ0v) is 12.2. The van der Waals surface area contributed by atoms with Gasteiger partial charge in [0.25, 0.3) is 0 Å². The van der Waals surface area contributed by atoms with Gasteiger partial charge in [0.05, 0.1) is 5.41 Å². The number of allylic oxidation sites excluding steroid dienone is 1. The monoisotopic (exact) mass is 237 g/mol. The van der Waals surface area contributed by atoms with Crippen molar-refractivity contribution < 1.29 is 9.53 Å². The zero-order valence-electron chi connectivity index (χ0n) is 12.2. The van der Waals surface area contributed by atoms with Crippen LogP contribution in [0.25, 0.3) is 0 Å². The minimum absolute atomic E-state index is 0.139. The van der Waals surface area contributed by atoms with Gasteiger partial charge in [-0.2, -0.15) is 0 Å². The third kappa shape index (κ3) is 6.55. The summed E-state index contributed by atoms with van der Waals surface area (Å²) in [7, 11) is 2.15. The molecule has 97 valence electrons. The van der Waals surface area contributed by atoms with Gasteiger partial charge in [-0.15, -0.1) is 6.58 Å². The van der Waals surface area contributed by atoms with Gasteiger partial charge in [0, 0.05) is 0 Å². The van der Waals surface area contributed by atoms with E-state index in [0.717, 1.165) is 6.42 Å². The molecule has 0 aromatic heterocycles. The molecule has 0 aliphatic heterocycles. The maximum absolute atomic E-state index is 12.0. The first-order chi connectivity index (χ1) is 7.62. The van der Waals surface area contributed by atoms with Gasteiger partial charge in [-0.25, -0.2) is 0 Å². The van der Waals surface area contributed by atoms with Gasteiger partial charge in [-0.3, -0.25) is 4.79 Å². The minimum Gasteiger partial charge on any atom is -0.460 e. The summed E-state index contributed by atoms with van der Waals surface area (Å²) in [5, 5.41) is 0. The summed E-state index contributed by atoms with van der Waals surface area (Å²) in [6.07, 6.45) is 3.66. The summed E-state index contributed by atoms with van der Waals surface area (Å²) in [6, 6.07) is 0. The number of rotatable bonds is 6. The fraction of sp³-hybridized carbons (Fsp3) is 0.786. The smallest absolute Gasteiger partial charge is 0.311 e. The molecule has 3 heteroatoms. The van der Waals surface area contributed by atoms with Crippen LogP contribution in [0.15, 0.2) is 12.7 Å². The molecular weight excluding hydrogens is 211 g/mol. The Balaban J connectivity index is 4.36. The standard InChI is InChI=1S/C14H26BO2/c1-8-11(9-2)15-10-14(6,7)12(16)17-13(3,4)5/h8,11H,1,9-10H2,2-7H3. The number of carbonyl (C=O) groups is 1. The van der Waals surface area contributed by atoms with Crippen molar-refractivity contribution in [2.24, 2.45) is 5.41 Å². The maximum Gasteiger partial charge on any atom is 0.311 e. The van der Waals surface area contributed by atoms with E-state index in [-0.39, 0.29) is 5.97 Å². The molecule has 0 aromatic carbocycles. The molecule has 0 saturated carbocycles. The number of esters is 1. The largest absolute Gasteiger partial charge is 0.460 e. The van der Waals surface area contributed by atoms with Crippen molar-refractivity contribution in [3.8, 4) is 0 Å². The number of carbonyl (C=O) groups excluding carboxylic acids is 1. The van der Waals surface area contributed by atoms with Crippen molar-refractivity contribution in [3.63, 3.8) is 0 Å². The summed E-state index contributed by atoms with van der Waals surface area (Å²) in [5.74, 6) is 0.233. The topological polar surface area (TPSA) is 26.3 Å². The van der Waals surface area contributed by atoms with Gasteiger partial charge in [0.2, 0.25) is 0 Å². The quantitative estimate of drug-likeness (QED) is 0.398. The molecule has 0 saturated heterocycles. The number of hydrogen-bond donors (Lipinski definition) is 0. The zero-order chi connectivity index (χ0) is 13.7. The van der Waals surface area contributed by atoms with Crippen LogP contribution in [0.2, 0.25) is 12.1 Å². The molecule has 0 bridgehead atoms. The molecule has 0 N–H and O–H groups in total. The first-order valence-electron chi connectivity index (χ1n) is 6.31. The van der Waals surface area contributed by atoms with Gasteiger partial charge in [-0.1, -0.05) is 45.4 Å². The Bertz CT molecular complexity index is 264. The fourth-order valence-corrected chi connectivity index (χ4v) is 1.38. The summed E-state index contributed by atoms with van der Waals surface area (Å²) in [6.45, 7) is 15.4. The minimum atomic E-state index is -0.469. The molecule has 17 heavy (non-hydrogen) atoms. The van der Waals surface area contributed by atoms with Crippen molar-refractivity contribution in [2.75, 3.05) is 0 Å². The van der Waals surface area contributed by atoms with Crippen LogP contribution in [0.1, 0.15) is 48.0 Å². The Hall–Kier alpha value is -0.725. The van der Waals surface area contributed by atoms with E-state index >= 15 is 0 Å². The lowest BCUT2D eigenvalue weighted by Crippen LogP contribution is -2.34. The molecule has 1 unspecified atom stereocenters. The summed E-state index contributed by atoms with van der Waals surface area (Å²) >= 11 is 0. The van der Waals surface area contributed by atoms with E-state index in [1.807, 2.05) is 40.7 Å². The Kier molecular flexibility index (Phi) is 6.01. The second kappa shape index (κ2) is 6.27. The molecule has 0 aromatic rings. The Morgan fingerprint density at radius 1 is 1.35 bits per heavy atom. The molecule has 0 spiro atoms. The van der Waals surface area contributed by atoms with Gasteiger partial charge >= 0.3 is 5.97 Å². The van der Waals surface area contributed by atoms with Crippen molar-refractivity contribution in [2.45, 2.75) is 65.7 Å². The predicted octanol–water partition coefficient (Wildman–Crippen LogP) is 3.86. The second-order valence-electron chi connectivity index (χ2n) is 6.13. The highest BCUT2D eigenvalue weighted by Crippen LogP contribution is 2.28. The molecule has 0 aliphatic carbocycles. The third-order valence-corrected chi connectivity index (χ3v) is 2.66. The van der Waals surface area contributed by atoms with Crippen LogP contribution in [0.5, 0.6) is 0 Å². The molecule has 0 amide bonds. The van der Waals surface area contributed by atoms with E-state index < -0.39 is 11.0 Å². The van der Waals surface area contributed by atoms with Crippen LogP contribution in [0.3, 0.4) is 0 Å². The van der Waals surface area contributed by atoms with Crippen molar-refractivity contribution in [1.29, 1.82) is 0 Å². The molecule has 0 aliphatic rings. The van der Waals surface area contributed by atoms with E-state index in [4.69, 9.17) is 4.74 Å². The summed E-state index contributed by atoms with van der Waals surface area (Å²) < 4.78 is 5.42. The van der Waals surface area contributed by atoms with E-state index in [2.05, 4.69) is 20.8 Å². The molecule has 0 heterocycles. The molecule has 0 fully saturated rings. The summed E-state index contributed by atoms with van der Waals surface area (Å²) in [5.41, 5.74) is -0.888. The lowest BCUT2D eigenvalue weighted by atomic mass is 9.55. The average Bonchev–Trinajstić information content (AvgIpc) is 2.16. The number of hydrogen-bond acceptors (Lipinski definition) is 2. The van der Waals surface area contributed by atoms with Gasteiger partial charge in [0.1, 0.15) is 12.9 Å². The van der Waals surface area contributed by atoms with E-state index in [9.17, 15) is 4.79 Å². The third-order valence-electron chi connectivity index (χ3n) is 2.66. The number of ether oxygens (including phenoxy) is 1. The van der Waals surface area contributed by atoms with Crippen LogP contribution in [-0.4, -0.2) is 18.8 Å². The van der Waals surface area contributed by atoms with Gasteiger partial charge in [-0.05, 0) is 20.8 Å². The van der Waals surface area contributed by atoms with E-state index in [0.29, 0.717) is 12.1 Å². The second-order valence-corrected chi connectivity index (χ2v) is 6.13. The predicted molar refractivity (Wildman–Crippen MR) is 74.4 cm³/mol. The first-order valence-corrected chi connectivity index (χ1v) is 6.31. The maximum atomic E-state index is 12.0. The van der Waals surface area contributed by atoms with E-state index in [1.165, 1.54) is 0 Å².